The minimum absolute atomic E-state index is 0.183. The Hall–Kier alpha value is -3.09. The van der Waals surface area contributed by atoms with Gasteiger partial charge in [-0.1, -0.05) is 26.0 Å². The van der Waals surface area contributed by atoms with Gasteiger partial charge in [0.25, 0.3) is 0 Å². The molecular weight excluding hydrogens is 318 g/mol. The van der Waals surface area contributed by atoms with Gasteiger partial charge < -0.3 is 15.8 Å². The van der Waals surface area contributed by atoms with Crippen molar-refractivity contribution >= 4 is 28.6 Å². The van der Waals surface area contributed by atoms with E-state index in [1.807, 2.05) is 38.2 Å². The molecule has 25 heavy (non-hydrogen) atoms. The summed E-state index contributed by atoms with van der Waals surface area (Å²) in [7, 11) is 0. The molecule has 3 aromatic rings. The first-order chi connectivity index (χ1) is 12.0. The first kappa shape index (κ1) is 15.4. The predicted molar refractivity (Wildman–Crippen MR) is 96.9 cm³/mol. The van der Waals surface area contributed by atoms with Crippen LogP contribution in [0.1, 0.15) is 31.2 Å². The number of hydrogen-bond donors (Lipinski definition) is 3. The number of nitrogens with two attached hydrogens (primary N) is 1. The van der Waals surface area contributed by atoms with Crippen LogP contribution in [0, 0.1) is 0 Å². The van der Waals surface area contributed by atoms with Crippen molar-refractivity contribution in [2.24, 2.45) is 0 Å². The van der Waals surface area contributed by atoms with Gasteiger partial charge >= 0.3 is 6.09 Å². The number of anilines is 2. The van der Waals surface area contributed by atoms with Crippen LogP contribution < -0.4 is 10.6 Å². The highest BCUT2D eigenvalue weighted by molar-refractivity contribution is 6.01. The Morgan fingerprint density at radius 2 is 2.16 bits per heavy atom. The number of aromatic nitrogens is 3. The number of benzene rings is 1. The number of nitrogen functional groups attached to an aromatic ring is 1. The molecule has 0 saturated carbocycles. The molecule has 1 aliphatic rings. The van der Waals surface area contributed by atoms with E-state index in [0.29, 0.717) is 23.8 Å². The van der Waals surface area contributed by atoms with E-state index >= 15 is 0 Å². The van der Waals surface area contributed by atoms with E-state index in [0.717, 1.165) is 34.2 Å². The molecule has 0 unspecified atom stereocenters. The molecule has 4 N–H and O–H groups in total. The zero-order chi connectivity index (χ0) is 17.7. The molecular formula is C18H19N5O2. The Morgan fingerprint density at radius 3 is 2.88 bits per heavy atom. The highest BCUT2D eigenvalue weighted by Crippen LogP contribution is 2.37. The standard InChI is InChI=1S/C18H19N5O2/c1-9(2)16-21-15(19)14-12(8-20-17(14)22-16)11-4-3-10-5-6-23(18(24)25)13(10)7-11/h3-4,7-9H,5-6H2,1-2H3,(H,24,25)(H3,19,20,21,22). The summed E-state index contributed by atoms with van der Waals surface area (Å²) < 4.78 is 0. The van der Waals surface area contributed by atoms with E-state index in [9.17, 15) is 9.90 Å². The Kier molecular flexibility index (Phi) is 3.38. The number of nitrogens with zero attached hydrogens (tertiary/aromatic N) is 3. The maximum Gasteiger partial charge on any atom is 0.411 e. The Bertz CT molecular complexity index is 993. The van der Waals surface area contributed by atoms with Crippen molar-refractivity contribution in [2.45, 2.75) is 26.2 Å². The summed E-state index contributed by atoms with van der Waals surface area (Å²) in [5.41, 5.74) is 10.4. The number of amides is 1. The summed E-state index contributed by atoms with van der Waals surface area (Å²) in [4.78, 5) is 24.9. The van der Waals surface area contributed by atoms with Crippen molar-refractivity contribution in [2.75, 3.05) is 17.2 Å². The molecule has 0 bridgehead atoms. The second-order valence-corrected chi connectivity index (χ2v) is 6.58. The fourth-order valence-corrected chi connectivity index (χ4v) is 3.31. The topological polar surface area (TPSA) is 108 Å². The lowest BCUT2D eigenvalue weighted by Gasteiger charge is -2.13. The fourth-order valence-electron chi connectivity index (χ4n) is 3.31. The summed E-state index contributed by atoms with van der Waals surface area (Å²) in [5, 5.41) is 10.1. The fraction of sp³-hybridized carbons (Fsp3) is 0.278. The van der Waals surface area contributed by atoms with E-state index in [2.05, 4.69) is 15.0 Å². The molecule has 7 heteroatoms. The molecule has 128 valence electrons. The molecule has 7 nitrogen and oxygen atoms in total. The molecule has 2 aromatic heterocycles. The molecule has 0 radical (unpaired) electrons. The summed E-state index contributed by atoms with van der Waals surface area (Å²) >= 11 is 0. The van der Waals surface area contributed by atoms with Gasteiger partial charge in [0.15, 0.2) is 0 Å². The third kappa shape index (κ3) is 2.39. The smallest absolute Gasteiger partial charge is 0.411 e. The molecule has 0 aliphatic carbocycles. The van der Waals surface area contributed by atoms with Crippen LogP contribution in [0.5, 0.6) is 0 Å². The summed E-state index contributed by atoms with van der Waals surface area (Å²) in [6.45, 7) is 4.53. The van der Waals surface area contributed by atoms with Crippen LogP contribution in [0.4, 0.5) is 16.3 Å². The average Bonchev–Trinajstić information content (AvgIpc) is 3.18. The van der Waals surface area contributed by atoms with E-state index in [1.165, 1.54) is 4.90 Å². The van der Waals surface area contributed by atoms with Gasteiger partial charge in [0.2, 0.25) is 0 Å². The van der Waals surface area contributed by atoms with Crippen molar-refractivity contribution in [3.8, 4) is 11.1 Å². The molecule has 1 aliphatic heterocycles. The summed E-state index contributed by atoms with van der Waals surface area (Å²) in [6, 6.07) is 5.86. The monoisotopic (exact) mass is 337 g/mol. The third-order valence-electron chi connectivity index (χ3n) is 4.62. The van der Waals surface area contributed by atoms with Gasteiger partial charge in [-0.3, -0.25) is 4.90 Å². The second kappa shape index (κ2) is 5.47. The van der Waals surface area contributed by atoms with Crippen LogP contribution in [-0.2, 0) is 6.42 Å². The Balaban J connectivity index is 1.86. The van der Waals surface area contributed by atoms with Crippen LogP contribution in [0.15, 0.2) is 24.4 Å². The number of nitrogens with one attached hydrogen (secondary N) is 1. The van der Waals surface area contributed by atoms with Gasteiger partial charge in [0.1, 0.15) is 17.3 Å². The molecule has 0 spiro atoms. The number of rotatable bonds is 2. The highest BCUT2D eigenvalue weighted by atomic mass is 16.4. The number of H-pyrrole nitrogens is 1. The van der Waals surface area contributed by atoms with Crippen LogP contribution in [0.2, 0.25) is 0 Å². The normalized spacial score (nSPS) is 13.6. The van der Waals surface area contributed by atoms with Gasteiger partial charge in [-0.05, 0) is 23.6 Å². The first-order valence-corrected chi connectivity index (χ1v) is 8.24. The van der Waals surface area contributed by atoms with Crippen LogP contribution >= 0.6 is 0 Å². The van der Waals surface area contributed by atoms with Crippen molar-refractivity contribution in [1.29, 1.82) is 0 Å². The van der Waals surface area contributed by atoms with E-state index < -0.39 is 6.09 Å². The maximum absolute atomic E-state index is 11.4. The van der Waals surface area contributed by atoms with E-state index in [1.54, 1.807) is 0 Å². The molecule has 3 heterocycles. The Labute approximate surface area is 144 Å². The van der Waals surface area contributed by atoms with Crippen molar-refractivity contribution in [1.82, 2.24) is 15.0 Å². The van der Waals surface area contributed by atoms with Gasteiger partial charge in [-0.2, -0.15) is 0 Å². The summed E-state index contributed by atoms with van der Waals surface area (Å²) in [5.74, 6) is 1.31. The number of carbonyl (C=O) groups is 1. The maximum atomic E-state index is 11.4. The lowest BCUT2D eigenvalue weighted by atomic mass is 10.0. The molecule has 0 saturated heterocycles. The zero-order valence-electron chi connectivity index (χ0n) is 14.1. The average molecular weight is 337 g/mol. The minimum Gasteiger partial charge on any atom is -0.465 e. The first-order valence-electron chi connectivity index (χ1n) is 8.24. The van der Waals surface area contributed by atoms with Crippen LogP contribution in [0.3, 0.4) is 0 Å². The zero-order valence-corrected chi connectivity index (χ0v) is 14.1. The Morgan fingerprint density at radius 1 is 1.36 bits per heavy atom. The largest absolute Gasteiger partial charge is 0.465 e. The molecule has 1 amide bonds. The number of aromatic amines is 1. The predicted octanol–water partition coefficient (Wildman–Crippen LogP) is 3.37. The molecule has 4 rings (SSSR count). The number of fused-ring (bicyclic) bond motifs is 2. The molecule has 0 atom stereocenters. The number of carboxylic acid groups (broad SMARTS) is 1. The van der Waals surface area contributed by atoms with E-state index in [4.69, 9.17) is 5.73 Å². The van der Waals surface area contributed by atoms with Crippen molar-refractivity contribution in [3.63, 3.8) is 0 Å². The number of hydrogen-bond acceptors (Lipinski definition) is 4. The SMILES string of the molecule is CC(C)c1nc(N)c2c(-c3ccc4c(c3)N(C(=O)O)CC4)c[nH]c2n1. The van der Waals surface area contributed by atoms with Crippen molar-refractivity contribution < 1.29 is 9.90 Å². The molecule has 0 fully saturated rings. The lowest BCUT2D eigenvalue weighted by Crippen LogP contribution is -2.26. The van der Waals surface area contributed by atoms with Gasteiger partial charge in [0, 0.05) is 24.2 Å². The van der Waals surface area contributed by atoms with Gasteiger partial charge in [-0.15, -0.1) is 0 Å². The van der Waals surface area contributed by atoms with Crippen molar-refractivity contribution in [3.05, 3.63) is 35.8 Å². The third-order valence-corrected chi connectivity index (χ3v) is 4.62. The minimum atomic E-state index is -0.931. The highest BCUT2D eigenvalue weighted by Gasteiger charge is 2.25. The second-order valence-electron chi connectivity index (χ2n) is 6.58. The van der Waals surface area contributed by atoms with Gasteiger partial charge in [-0.25, -0.2) is 14.8 Å². The molecule has 1 aromatic carbocycles. The summed E-state index contributed by atoms with van der Waals surface area (Å²) in [6.07, 6.45) is 1.65. The van der Waals surface area contributed by atoms with Crippen LogP contribution in [0.25, 0.3) is 22.2 Å². The lowest BCUT2D eigenvalue weighted by molar-refractivity contribution is 0.202. The van der Waals surface area contributed by atoms with E-state index in [-0.39, 0.29) is 5.92 Å². The quantitative estimate of drug-likeness (QED) is 0.664. The van der Waals surface area contributed by atoms with Gasteiger partial charge in [0.05, 0.1) is 11.1 Å². The van der Waals surface area contributed by atoms with Crippen LogP contribution in [-0.4, -0.2) is 32.7 Å².